The zero-order chi connectivity index (χ0) is 13.5. The minimum atomic E-state index is -0.881. The Balaban J connectivity index is 1.93. The standard InChI is InChI=1S/C15H15NO2S/c17-15(18)13(9-14-7-4-8-19-14)11-16-10-12-5-2-1-3-6-12/h1-9,16H,10-11H2,(H,17,18). The lowest BCUT2D eigenvalue weighted by Crippen LogP contribution is -2.20. The maximum absolute atomic E-state index is 11.2. The number of hydrogen-bond donors (Lipinski definition) is 2. The van der Waals surface area contributed by atoms with Gasteiger partial charge in [0.1, 0.15) is 0 Å². The maximum atomic E-state index is 11.2. The number of carboxylic acid groups (broad SMARTS) is 1. The second-order valence-corrected chi connectivity index (χ2v) is 5.06. The largest absolute Gasteiger partial charge is 0.478 e. The van der Waals surface area contributed by atoms with E-state index in [9.17, 15) is 4.79 Å². The number of carboxylic acids is 1. The minimum Gasteiger partial charge on any atom is -0.478 e. The van der Waals surface area contributed by atoms with Crippen LogP contribution in [-0.4, -0.2) is 17.6 Å². The summed E-state index contributed by atoms with van der Waals surface area (Å²) in [7, 11) is 0. The molecular formula is C15H15NO2S. The van der Waals surface area contributed by atoms with Gasteiger partial charge in [-0.05, 0) is 23.1 Å². The molecule has 2 aromatic rings. The summed E-state index contributed by atoms with van der Waals surface area (Å²) in [6, 6.07) is 13.7. The molecule has 0 bridgehead atoms. The van der Waals surface area contributed by atoms with Gasteiger partial charge >= 0.3 is 5.97 Å². The van der Waals surface area contributed by atoms with Crippen molar-refractivity contribution in [3.05, 3.63) is 63.9 Å². The van der Waals surface area contributed by atoms with Crippen LogP contribution in [-0.2, 0) is 11.3 Å². The monoisotopic (exact) mass is 273 g/mol. The number of rotatable bonds is 6. The van der Waals surface area contributed by atoms with Crippen molar-refractivity contribution in [3.8, 4) is 0 Å². The summed E-state index contributed by atoms with van der Waals surface area (Å²) in [5.41, 5.74) is 1.52. The average molecular weight is 273 g/mol. The summed E-state index contributed by atoms with van der Waals surface area (Å²) in [5.74, 6) is -0.881. The summed E-state index contributed by atoms with van der Waals surface area (Å²) in [4.78, 5) is 12.1. The molecule has 1 aromatic carbocycles. The van der Waals surface area contributed by atoms with E-state index >= 15 is 0 Å². The second kappa shape index (κ2) is 6.87. The molecule has 0 radical (unpaired) electrons. The molecule has 0 fully saturated rings. The van der Waals surface area contributed by atoms with Crippen molar-refractivity contribution in [3.63, 3.8) is 0 Å². The van der Waals surface area contributed by atoms with Crippen LogP contribution >= 0.6 is 11.3 Å². The molecule has 98 valence electrons. The predicted molar refractivity (Wildman–Crippen MR) is 78.1 cm³/mol. The van der Waals surface area contributed by atoms with Gasteiger partial charge in [-0.25, -0.2) is 4.79 Å². The summed E-state index contributed by atoms with van der Waals surface area (Å²) in [6.07, 6.45) is 1.71. The van der Waals surface area contributed by atoms with Crippen LogP contribution in [0, 0.1) is 0 Å². The van der Waals surface area contributed by atoms with E-state index in [1.165, 1.54) is 11.3 Å². The number of carbonyl (C=O) groups is 1. The quantitative estimate of drug-likeness (QED) is 0.795. The van der Waals surface area contributed by atoms with Gasteiger partial charge in [-0.2, -0.15) is 0 Å². The first-order chi connectivity index (χ1) is 9.25. The van der Waals surface area contributed by atoms with Crippen molar-refractivity contribution in [1.82, 2.24) is 5.32 Å². The van der Waals surface area contributed by atoms with Crippen LogP contribution in [0.1, 0.15) is 10.4 Å². The molecule has 1 heterocycles. The summed E-state index contributed by atoms with van der Waals surface area (Å²) in [6.45, 7) is 1.01. The molecule has 0 atom stereocenters. The lowest BCUT2D eigenvalue weighted by molar-refractivity contribution is -0.132. The van der Waals surface area contributed by atoms with E-state index in [1.54, 1.807) is 6.08 Å². The Morgan fingerprint density at radius 1 is 1.21 bits per heavy atom. The summed E-state index contributed by atoms with van der Waals surface area (Å²) < 4.78 is 0. The van der Waals surface area contributed by atoms with Crippen LogP contribution in [0.5, 0.6) is 0 Å². The van der Waals surface area contributed by atoms with Gasteiger partial charge in [0.2, 0.25) is 0 Å². The third kappa shape index (κ3) is 4.35. The molecule has 0 spiro atoms. The van der Waals surface area contributed by atoms with Gasteiger partial charge < -0.3 is 10.4 Å². The molecular weight excluding hydrogens is 258 g/mol. The predicted octanol–water partition coefficient (Wildman–Crippen LogP) is 3.01. The number of hydrogen-bond acceptors (Lipinski definition) is 3. The van der Waals surface area contributed by atoms with Crippen LogP contribution < -0.4 is 5.32 Å². The first kappa shape index (κ1) is 13.5. The third-order valence-electron chi connectivity index (χ3n) is 2.62. The van der Waals surface area contributed by atoms with Gasteiger partial charge in [0.15, 0.2) is 0 Å². The Hall–Kier alpha value is -1.91. The van der Waals surface area contributed by atoms with Crippen molar-refractivity contribution in [2.75, 3.05) is 6.54 Å². The van der Waals surface area contributed by atoms with Crippen molar-refractivity contribution in [2.24, 2.45) is 0 Å². The Kier molecular flexibility index (Phi) is 4.89. The first-order valence-electron chi connectivity index (χ1n) is 5.98. The maximum Gasteiger partial charge on any atom is 0.332 e. The van der Waals surface area contributed by atoms with E-state index in [0.29, 0.717) is 18.7 Å². The fraction of sp³-hybridized carbons (Fsp3) is 0.133. The zero-order valence-electron chi connectivity index (χ0n) is 10.4. The van der Waals surface area contributed by atoms with Crippen molar-refractivity contribution < 1.29 is 9.90 Å². The lowest BCUT2D eigenvalue weighted by atomic mass is 10.2. The summed E-state index contributed by atoms with van der Waals surface area (Å²) in [5, 5.41) is 14.2. The summed E-state index contributed by atoms with van der Waals surface area (Å²) >= 11 is 1.53. The van der Waals surface area contributed by atoms with Crippen LogP contribution in [0.25, 0.3) is 6.08 Å². The molecule has 0 unspecified atom stereocenters. The highest BCUT2D eigenvalue weighted by atomic mass is 32.1. The molecule has 0 saturated carbocycles. The van der Waals surface area contributed by atoms with Crippen molar-refractivity contribution >= 4 is 23.4 Å². The molecule has 19 heavy (non-hydrogen) atoms. The zero-order valence-corrected chi connectivity index (χ0v) is 11.2. The molecule has 4 heteroatoms. The Labute approximate surface area is 116 Å². The first-order valence-corrected chi connectivity index (χ1v) is 6.85. The number of thiophene rings is 1. The van der Waals surface area contributed by atoms with Crippen molar-refractivity contribution in [1.29, 1.82) is 0 Å². The van der Waals surface area contributed by atoms with Crippen LogP contribution in [0.15, 0.2) is 53.4 Å². The number of benzene rings is 1. The number of nitrogens with one attached hydrogen (secondary N) is 1. The van der Waals surface area contributed by atoms with E-state index in [1.807, 2.05) is 47.8 Å². The second-order valence-electron chi connectivity index (χ2n) is 4.08. The molecule has 0 aliphatic rings. The highest BCUT2D eigenvalue weighted by Crippen LogP contribution is 2.13. The number of aliphatic carboxylic acids is 1. The molecule has 0 aliphatic carbocycles. The Morgan fingerprint density at radius 3 is 2.63 bits per heavy atom. The van der Waals surface area contributed by atoms with E-state index in [4.69, 9.17) is 5.11 Å². The normalized spacial score (nSPS) is 11.5. The van der Waals surface area contributed by atoms with E-state index in [2.05, 4.69) is 5.32 Å². The average Bonchev–Trinajstić information content (AvgIpc) is 2.91. The fourth-order valence-corrected chi connectivity index (χ4v) is 2.35. The fourth-order valence-electron chi connectivity index (χ4n) is 1.67. The minimum absolute atomic E-state index is 0.349. The van der Waals surface area contributed by atoms with Gasteiger partial charge in [-0.1, -0.05) is 36.4 Å². The molecule has 0 aliphatic heterocycles. The van der Waals surface area contributed by atoms with Gasteiger partial charge in [0, 0.05) is 18.0 Å². The molecule has 1 aromatic heterocycles. The lowest BCUT2D eigenvalue weighted by Gasteiger charge is -2.05. The van der Waals surface area contributed by atoms with E-state index < -0.39 is 5.97 Å². The van der Waals surface area contributed by atoms with Gasteiger partial charge in [0.25, 0.3) is 0 Å². The smallest absolute Gasteiger partial charge is 0.332 e. The topological polar surface area (TPSA) is 49.3 Å². The Morgan fingerprint density at radius 2 is 2.00 bits per heavy atom. The molecule has 0 amide bonds. The van der Waals surface area contributed by atoms with Crippen LogP contribution in [0.2, 0.25) is 0 Å². The Bertz CT molecular complexity index is 547. The van der Waals surface area contributed by atoms with Gasteiger partial charge in [0.05, 0.1) is 5.57 Å². The van der Waals surface area contributed by atoms with Gasteiger partial charge in [-0.15, -0.1) is 11.3 Å². The third-order valence-corrected chi connectivity index (χ3v) is 3.44. The van der Waals surface area contributed by atoms with Crippen LogP contribution in [0.4, 0.5) is 0 Å². The molecule has 2 rings (SSSR count). The molecule has 0 saturated heterocycles. The molecule has 2 N–H and O–H groups in total. The van der Waals surface area contributed by atoms with Gasteiger partial charge in [-0.3, -0.25) is 0 Å². The van der Waals surface area contributed by atoms with E-state index in [-0.39, 0.29) is 0 Å². The van der Waals surface area contributed by atoms with E-state index in [0.717, 1.165) is 10.4 Å². The van der Waals surface area contributed by atoms with Crippen molar-refractivity contribution in [2.45, 2.75) is 6.54 Å². The highest BCUT2D eigenvalue weighted by Gasteiger charge is 2.07. The highest BCUT2D eigenvalue weighted by molar-refractivity contribution is 7.10. The SMILES string of the molecule is O=C(O)C(=Cc1cccs1)CNCc1ccccc1. The molecule has 3 nitrogen and oxygen atoms in total. The van der Waals surface area contributed by atoms with Crippen LogP contribution in [0.3, 0.4) is 0 Å².